The molecule has 0 saturated carbocycles. The largest absolute Gasteiger partial charge is 0.496 e. The molecule has 120 valence electrons. The van der Waals surface area contributed by atoms with Gasteiger partial charge in [-0.25, -0.2) is 8.42 Å². The maximum Gasteiger partial charge on any atom is 0.269 e. The minimum atomic E-state index is -3.50. The number of nitro benzene ring substituents is 1. The summed E-state index contributed by atoms with van der Waals surface area (Å²) in [7, 11) is -1.98. The fourth-order valence-electron chi connectivity index (χ4n) is 1.98. The summed E-state index contributed by atoms with van der Waals surface area (Å²) in [6, 6.07) is 12.5. The van der Waals surface area contributed by atoms with Gasteiger partial charge in [0.05, 0.1) is 17.8 Å². The summed E-state index contributed by atoms with van der Waals surface area (Å²) in [4.78, 5) is 10.1. The van der Waals surface area contributed by atoms with Crippen molar-refractivity contribution in [3.05, 3.63) is 75.2 Å². The van der Waals surface area contributed by atoms with Gasteiger partial charge in [0, 0.05) is 23.1 Å². The summed E-state index contributed by atoms with van der Waals surface area (Å²) in [6.07, 6.45) is 1.47. The third-order valence-corrected chi connectivity index (χ3v) is 4.40. The van der Waals surface area contributed by atoms with E-state index in [9.17, 15) is 18.5 Å². The zero-order chi connectivity index (χ0) is 16.9. The second-order valence-electron chi connectivity index (χ2n) is 4.78. The van der Waals surface area contributed by atoms with Crippen LogP contribution in [0.15, 0.2) is 53.9 Å². The van der Waals surface area contributed by atoms with E-state index in [4.69, 9.17) is 4.74 Å². The van der Waals surface area contributed by atoms with E-state index in [1.807, 2.05) is 0 Å². The lowest BCUT2D eigenvalue weighted by Gasteiger charge is -2.04. The number of nitro groups is 1. The molecule has 0 unspecified atom stereocenters. The maximum atomic E-state index is 12.1. The van der Waals surface area contributed by atoms with E-state index in [1.165, 1.54) is 37.5 Å². The zero-order valence-electron chi connectivity index (χ0n) is 12.4. The molecule has 0 heterocycles. The van der Waals surface area contributed by atoms with Crippen LogP contribution in [0, 0.1) is 10.1 Å². The first-order valence-electron chi connectivity index (χ1n) is 6.68. The van der Waals surface area contributed by atoms with Crippen molar-refractivity contribution < 1.29 is 18.1 Å². The predicted octanol–water partition coefficient (Wildman–Crippen LogP) is 3.19. The molecule has 0 aliphatic carbocycles. The first-order chi connectivity index (χ1) is 10.9. The Morgan fingerprint density at radius 3 is 2.39 bits per heavy atom. The van der Waals surface area contributed by atoms with Crippen molar-refractivity contribution in [2.75, 3.05) is 7.11 Å². The molecule has 0 bridgehead atoms. The number of non-ortho nitro benzene ring substituents is 1. The topological polar surface area (TPSA) is 86.5 Å². The Bertz CT molecular complexity index is 826. The first-order valence-corrected chi connectivity index (χ1v) is 8.40. The zero-order valence-corrected chi connectivity index (χ0v) is 13.2. The third-order valence-electron chi connectivity index (χ3n) is 3.11. The summed E-state index contributed by atoms with van der Waals surface area (Å²) in [5, 5.41) is 11.7. The minimum absolute atomic E-state index is 0.0734. The monoisotopic (exact) mass is 333 g/mol. The summed E-state index contributed by atoms with van der Waals surface area (Å²) >= 11 is 0. The molecule has 0 saturated heterocycles. The molecule has 0 atom stereocenters. The lowest BCUT2D eigenvalue weighted by molar-refractivity contribution is -0.384. The van der Waals surface area contributed by atoms with Gasteiger partial charge < -0.3 is 4.74 Å². The highest BCUT2D eigenvalue weighted by Crippen LogP contribution is 2.20. The number of nitrogens with zero attached hydrogens (tertiary/aromatic N) is 1. The molecule has 2 rings (SSSR count). The van der Waals surface area contributed by atoms with Crippen LogP contribution in [-0.2, 0) is 15.6 Å². The molecule has 7 heteroatoms. The quantitative estimate of drug-likeness (QED) is 0.598. The number of methoxy groups -OCH3 is 1. The SMILES string of the molecule is COc1ccccc1/C=C/S(=O)(=O)Cc1ccc([N+](=O)[O-])cc1. The molecular formula is C16H15NO5S. The van der Waals surface area contributed by atoms with Crippen LogP contribution in [0.4, 0.5) is 5.69 Å². The Kier molecular flexibility index (Phi) is 5.13. The van der Waals surface area contributed by atoms with E-state index in [2.05, 4.69) is 0 Å². The van der Waals surface area contributed by atoms with Gasteiger partial charge in [-0.1, -0.05) is 30.3 Å². The highest BCUT2D eigenvalue weighted by Gasteiger charge is 2.10. The van der Waals surface area contributed by atoms with Crippen LogP contribution in [0.5, 0.6) is 5.75 Å². The van der Waals surface area contributed by atoms with Crippen LogP contribution in [-0.4, -0.2) is 20.5 Å². The van der Waals surface area contributed by atoms with Gasteiger partial charge in [-0.05, 0) is 17.7 Å². The molecule has 0 aliphatic heterocycles. The smallest absolute Gasteiger partial charge is 0.269 e. The van der Waals surface area contributed by atoms with Gasteiger partial charge >= 0.3 is 0 Å². The summed E-state index contributed by atoms with van der Waals surface area (Å²) in [5.74, 6) is 0.352. The molecule has 23 heavy (non-hydrogen) atoms. The van der Waals surface area contributed by atoms with Crippen molar-refractivity contribution in [3.63, 3.8) is 0 Å². The van der Waals surface area contributed by atoms with Crippen LogP contribution in [0.2, 0.25) is 0 Å². The van der Waals surface area contributed by atoms with Gasteiger partial charge in [0.2, 0.25) is 0 Å². The fraction of sp³-hybridized carbons (Fsp3) is 0.125. The van der Waals surface area contributed by atoms with Crippen LogP contribution in [0.25, 0.3) is 6.08 Å². The van der Waals surface area contributed by atoms with E-state index in [-0.39, 0.29) is 11.4 Å². The second-order valence-corrected chi connectivity index (χ2v) is 6.66. The van der Waals surface area contributed by atoms with E-state index in [0.29, 0.717) is 16.9 Å². The maximum absolute atomic E-state index is 12.1. The number of para-hydroxylation sites is 1. The van der Waals surface area contributed by atoms with Gasteiger partial charge in [-0.2, -0.15) is 0 Å². The molecule has 0 aromatic heterocycles. The van der Waals surface area contributed by atoms with Gasteiger partial charge in [-0.3, -0.25) is 10.1 Å². The van der Waals surface area contributed by atoms with Crippen LogP contribution >= 0.6 is 0 Å². The Morgan fingerprint density at radius 1 is 1.13 bits per heavy atom. The summed E-state index contributed by atoms with van der Waals surface area (Å²) in [5.41, 5.74) is 1.07. The molecule has 2 aromatic rings. The second kappa shape index (κ2) is 7.06. The Hall–Kier alpha value is -2.67. The van der Waals surface area contributed by atoms with Crippen molar-refractivity contribution in [1.29, 1.82) is 0 Å². The summed E-state index contributed by atoms with van der Waals surface area (Å²) in [6.45, 7) is 0. The average Bonchev–Trinajstić information content (AvgIpc) is 2.53. The molecule has 0 N–H and O–H groups in total. The normalized spacial score (nSPS) is 11.5. The molecule has 0 spiro atoms. The minimum Gasteiger partial charge on any atom is -0.496 e. The average molecular weight is 333 g/mol. The van der Waals surface area contributed by atoms with Crippen molar-refractivity contribution in [3.8, 4) is 5.75 Å². The van der Waals surface area contributed by atoms with Crippen LogP contribution in [0.3, 0.4) is 0 Å². The number of benzene rings is 2. The number of ether oxygens (including phenoxy) is 1. The van der Waals surface area contributed by atoms with Gasteiger partial charge in [0.15, 0.2) is 9.84 Å². The molecule has 2 aromatic carbocycles. The van der Waals surface area contributed by atoms with Gasteiger partial charge in [0.25, 0.3) is 5.69 Å². The Balaban J connectivity index is 2.15. The lowest BCUT2D eigenvalue weighted by atomic mass is 10.2. The molecule has 0 radical (unpaired) electrons. The lowest BCUT2D eigenvalue weighted by Crippen LogP contribution is -2.00. The van der Waals surface area contributed by atoms with E-state index in [0.717, 1.165) is 5.41 Å². The molecule has 6 nitrogen and oxygen atoms in total. The summed E-state index contributed by atoms with van der Waals surface area (Å²) < 4.78 is 29.4. The number of hydrogen-bond acceptors (Lipinski definition) is 5. The van der Waals surface area contributed by atoms with Crippen molar-refractivity contribution in [2.24, 2.45) is 0 Å². The first kappa shape index (κ1) is 16.7. The number of hydrogen-bond donors (Lipinski definition) is 0. The van der Waals surface area contributed by atoms with Gasteiger partial charge in [0.1, 0.15) is 5.75 Å². The van der Waals surface area contributed by atoms with Crippen molar-refractivity contribution in [2.45, 2.75) is 5.75 Å². The fourth-order valence-corrected chi connectivity index (χ4v) is 3.08. The number of rotatable bonds is 6. The molecule has 0 fully saturated rings. The highest BCUT2D eigenvalue weighted by atomic mass is 32.2. The van der Waals surface area contributed by atoms with Crippen molar-refractivity contribution in [1.82, 2.24) is 0 Å². The molecule has 0 amide bonds. The van der Waals surface area contributed by atoms with E-state index < -0.39 is 14.8 Å². The van der Waals surface area contributed by atoms with Crippen molar-refractivity contribution >= 4 is 21.6 Å². The standard InChI is InChI=1S/C16H15NO5S/c1-22-16-5-3-2-4-14(16)10-11-23(20,21)12-13-6-8-15(9-7-13)17(18)19/h2-11H,12H2,1H3/b11-10+. The molecular weight excluding hydrogens is 318 g/mol. The Morgan fingerprint density at radius 2 is 1.78 bits per heavy atom. The van der Waals surface area contributed by atoms with Crippen LogP contribution in [0.1, 0.15) is 11.1 Å². The highest BCUT2D eigenvalue weighted by molar-refractivity contribution is 7.93. The van der Waals surface area contributed by atoms with E-state index >= 15 is 0 Å². The third kappa shape index (κ3) is 4.65. The predicted molar refractivity (Wildman–Crippen MR) is 87.7 cm³/mol. The van der Waals surface area contributed by atoms with Gasteiger partial charge in [-0.15, -0.1) is 0 Å². The van der Waals surface area contributed by atoms with Crippen LogP contribution < -0.4 is 4.74 Å². The number of sulfone groups is 1. The van der Waals surface area contributed by atoms with E-state index in [1.54, 1.807) is 24.3 Å². The molecule has 0 aliphatic rings. The Labute approximate surface area is 134 Å².